The molecule has 0 aliphatic heterocycles. The Labute approximate surface area is 161 Å². The van der Waals surface area contributed by atoms with E-state index in [0.29, 0.717) is 23.5 Å². The molecule has 146 valence electrons. The van der Waals surface area contributed by atoms with Crippen molar-refractivity contribution >= 4 is 21.6 Å². The lowest BCUT2D eigenvalue weighted by Crippen LogP contribution is -2.35. The van der Waals surface area contributed by atoms with Crippen molar-refractivity contribution in [3.63, 3.8) is 0 Å². The molecule has 0 saturated carbocycles. The number of carbonyl (C=O) groups is 1. The molecular formula is C20H26N2O4S. The minimum Gasteiger partial charge on any atom is -0.497 e. The van der Waals surface area contributed by atoms with Gasteiger partial charge in [0.25, 0.3) is 10.0 Å². The average molecular weight is 391 g/mol. The van der Waals surface area contributed by atoms with Crippen LogP contribution < -0.4 is 14.4 Å². The van der Waals surface area contributed by atoms with Crippen molar-refractivity contribution in [2.24, 2.45) is 0 Å². The van der Waals surface area contributed by atoms with E-state index < -0.39 is 10.0 Å². The Hall–Kier alpha value is -2.54. The smallest absolute Gasteiger partial charge is 0.264 e. The van der Waals surface area contributed by atoms with Gasteiger partial charge in [-0.2, -0.15) is 0 Å². The molecule has 1 N–H and O–H groups in total. The van der Waals surface area contributed by atoms with E-state index in [-0.39, 0.29) is 23.8 Å². The van der Waals surface area contributed by atoms with Gasteiger partial charge in [-0.3, -0.25) is 9.10 Å². The monoisotopic (exact) mass is 390 g/mol. The molecule has 0 fully saturated rings. The molecule has 0 spiro atoms. The van der Waals surface area contributed by atoms with Crippen molar-refractivity contribution < 1.29 is 17.9 Å². The number of methoxy groups -OCH3 is 1. The molecule has 0 bridgehead atoms. The van der Waals surface area contributed by atoms with Gasteiger partial charge in [0.2, 0.25) is 5.91 Å². The standard InChI is InChI=1S/C20H26N2O4S/c1-5-21-20(23)12-13-22(17-7-9-18(26-4)10-8-17)27(24,25)19-11-6-15(2)14-16(19)3/h6-11,14H,5,12-13H2,1-4H3,(H,21,23). The van der Waals surface area contributed by atoms with Crippen LogP contribution in [-0.4, -0.2) is 34.5 Å². The molecule has 6 nitrogen and oxygen atoms in total. The number of amides is 1. The Kier molecular flexibility index (Phi) is 6.85. The van der Waals surface area contributed by atoms with E-state index in [0.717, 1.165) is 5.56 Å². The predicted octanol–water partition coefficient (Wildman–Crippen LogP) is 3.03. The zero-order chi connectivity index (χ0) is 20.0. The first kappa shape index (κ1) is 20.8. The number of anilines is 1. The summed E-state index contributed by atoms with van der Waals surface area (Å²) in [6.45, 7) is 6.07. The van der Waals surface area contributed by atoms with E-state index in [1.54, 1.807) is 50.4 Å². The van der Waals surface area contributed by atoms with Crippen LogP contribution in [0, 0.1) is 13.8 Å². The molecule has 0 saturated heterocycles. The zero-order valence-corrected chi connectivity index (χ0v) is 17.0. The van der Waals surface area contributed by atoms with Gasteiger partial charge in [0.05, 0.1) is 17.7 Å². The number of benzene rings is 2. The lowest BCUT2D eigenvalue weighted by molar-refractivity contribution is -0.120. The molecule has 0 unspecified atom stereocenters. The van der Waals surface area contributed by atoms with Gasteiger partial charge in [0.15, 0.2) is 0 Å². The van der Waals surface area contributed by atoms with Gasteiger partial charge in [0, 0.05) is 19.5 Å². The minimum atomic E-state index is -3.82. The largest absolute Gasteiger partial charge is 0.497 e. The van der Waals surface area contributed by atoms with Crippen molar-refractivity contribution in [2.75, 3.05) is 24.5 Å². The van der Waals surface area contributed by atoms with Gasteiger partial charge >= 0.3 is 0 Å². The molecular weight excluding hydrogens is 364 g/mol. The molecule has 0 aromatic heterocycles. The molecule has 27 heavy (non-hydrogen) atoms. The Balaban J connectivity index is 2.44. The molecule has 1 amide bonds. The van der Waals surface area contributed by atoms with Gasteiger partial charge in [-0.05, 0) is 56.7 Å². The second-order valence-corrected chi connectivity index (χ2v) is 8.08. The Morgan fingerprint density at radius 1 is 1.11 bits per heavy atom. The summed E-state index contributed by atoms with van der Waals surface area (Å²) in [5.74, 6) is 0.443. The molecule has 2 aromatic carbocycles. The van der Waals surface area contributed by atoms with Crippen molar-refractivity contribution in [1.82, 2.24) is 5.32 Å². The Bertz CT molecular complexity index is 893. The van der Waals surface area contributed by atoms with E-state index in [9.17, 15) is 13.2 Å². The number of nitrogens with zero attached hydrogens (tertiary/aromatic N) is 1. The average Bonchev–Trinajstić information content (AvgIpc) is 2.62. The van der Waals surface area contributed by atoms with E-state index in [4.69, 9.17) is 4.74 Å². The fourth-order valence-electron chi connectivity index (χ4n) is 2.83. The Morgan fingerprint density at radius 3 is 2.33 bits per heavy atom. The molecule has 2 rings (SSSR count). The van der Waals surface area contributed by atoms with E-state index in [1.807, 2.05) is 19.9 Å². The number of nitrogens with one attached hydrogen (secondary N) is 1. The normalized spacial score (nSPS) is 11.1. The van der Waals surface area contributed by atoms with Crippen LogP contribution in [0.3, 0.4) is 0 Å². The third-order valence-corrected chi connectivity index (χ3v) is 6.16. The second kappa shape index (κ2) is 8.90. The molecule has 7 heteroatoms. The van der Waals surface area contributed by atoms with Crippen LogP contribution in [-0.2, 0) is 14.8 Å². The summed E-state index contributed by atoms with van der Waals surface area (Å²) in [5.41, 5.74) is 2.15. The van der Waals surface area contributed by atoms with Gasteiger partial charge in [0.1, 0.15) is 5.75 Å². The fraction of sp³-hybridized carbons (Fsp3) is 0.350. The number of ether oxygens (including phenoxy) is 1. The topological polar surface area (TPSA) is 75.7 Å². The maximum absolute atomic E-state index is 13.4. The van der Waals surface area contributed by atoms with Gasteiger partial charge in [-0.1, -0.05) is 17.7 Å². The highest BCUT2D eigenvalue weighted by Crippen LogP contribution is 2.28. The van der Waals surface area contributed by atoms with E-state index in [2.05, 4.69) is 5.32 Å². The van der Waals surface area contributed by atoms with Crippen LogP contribution in [0.1, 0.15) is 24.5 Å². The van der Waals surface area contributed by atoms with E-state index in [1.165, 1.54) is 4.31 Å². The maximum atomic E-state index is 13.4. The number of sulfonamides is 1. The third kappa shape index (κ3) is 5.01. The highest BCUT2D eigenvalue weighted by Gasteiger charge is 2.27. The number of rotatable bonds is 8. The first-order valence-corrected chi connectivity index (χ1v) is 10.2. The fourth-order valence-corrected chi connectivity index (χ4v) is 4.51. The highest BCUT2D eigenvalue weighted by molar-refractivity contribution is 7.92. The van der Waals surface area contributed by atoms with Crippen LogP contribution in [0.5, 0.6) is 5.75 Å². The summed E-state index contributed by atoms with van der Waals surface area (Å²) < 4.78 is 33.1. The molecule has 0 radical (unpaired) electrons. The number of carbonyl (C=O) groups excluding carboxylic acids is 1. The summed E-state index contributed by atoms with van der Waals surface area (Å²) in [5, 5.41) is 2.70. The first-order chi connectivity index (χ1) is 12.8. The van der Waals surface area contributed by atoms with Crippen LogP contribution in [0.2, 0.25) is 0 Å². The number of hydrogen-bond acceptors (Lipinski definition) is 4. The van der Waals surface area contributed by atoms with Crippen molar-refractivity contribution in [3.05, 3.63) is 53.6 Å². The van der Waals surface area contributed by atoms with Crippen LogP contribution in [0.15, 0.2) is 47.4 Å². The van der Waals surface area contributed by atoms with E-state index >= 15 is 0 Å². The summed E-state index contributed by atoms with van der Waals surface area (Å²) in [4.78, 5) is 12.1. The zero-order valence-electron chi connectivity index (χ0n) is 16.2. The van der Waals surface area contributed by atoms with Crippen LogP contribution >= 0.6 is 0 Å². The number of aryl methyl sites for hydroxylation is 2. The maximum Gasteiger partial charge on any atom is 0.264 e. The molecule has 0 aliphatic carbocycles. The van der Waals surface area contributed by atoms with Crippen molar-refractivity contribution in [1.29, 1.82) is 0 Å². The van der Waals surface area contributed by atoms with Gasteiger partial charge in [-0.15, -0.1) is 0 Å². The quantitative estimate of drug-likeness (QED) is 0.752. The van der Waals surface area contributed by atoms with Crippen molar-refractivity contribution in [3.8, 4) is 5.75 Å². The summed E-state index contributed by atoms with van der Waals surface area (Å²) >= 11 is 0. The second-order valence-electron chi connectivity index (χ2n) is 6.25. The predicted molar refractivity (Wildman–Crippen MR) is 107 cm³/mol. The summed E-state index contributed by atoms with van der Waals surface area (Å²) in [7, 11) is -2.27. The summed E-state index contributed by atoms with van der Waals surface area (Å²) in [6, 6.07) is 12.0. The highest BCUT2D eigenvalue weighted by atomic mass is 32.2. The molecule has 0 aliphatic rings. The first-order valence-electron chi connectivity index (χ1n) is 8.80. The lowest BCUT2D eigenvalue weighted by atomic mass is 10.2. The third-order valence-electron chi connectivity index (χ3n) is 4.17. The van der Waals surface area contributed by atoms with Crippen LogP contribution in [0.4, 0.5) is 5.69 Å². The molecule has 0 heterocycles. The summed E-state index contributed by atoms with van der Waals surface area (Å²) in [6.07, 6.45) is 0.0734. The SMILES string of the molecule is CCNC(=O)CCN(c1ccc(OC)cc1)S(=O)(=O)c1ccc(C)cc1C. The van der Waals surface area contributed by atoms with Crippen molar-refractivity contribution in [2.45, 2.75) is 32.1 Å². The van der Waals surface area contributed by atoms with Crippen LogP contribution in [0.25, 0.3) is 0 Å². The van der Waals surface area contributed by atoms with Gasteiger partial charge < -0.3 is 10.1 Å². The Morgan fingerprint density at radius 2 is 1.78 bits per heavy atom. The molecule has 0 atom stereocenters. The minimum absolute atomic E-state index is 0.0494. The van der Waals surface area contributed by atoms with Gasteiger partial charge in [-0.25, -0.2) is 8.42 Å². The molecule has 2 aromatic rings. The lowest BCUT2D eigenvalue weighted by Gasteiger charge is -2.25. The number of hydrogen-bond donors (Lipinski definition) is 1.